The highest BCUT2D eigenvalue weighted by atomic mass is 16.6. The lowest BCUT2D eigenvalue weighted by atomic mass is 10.0. The summed E-state index contributed by atoms with van der Waals surface area (Å²) in [5.74, 6) is 0.655. The molecule has 3 unspecified atom stereocenters. The van der Waals surface area contributed by atoms with E-state index in [0.29, 0.717) is 19.0 Å². The average Bonchev–Trinajstić information content (AvgIpc) is 2.61. The molecular formula is C21H24O3. The smallest absolute Gasteiger partial charge is 0.140 e. The van der Waals surface area contributed by atoms with Gasteiger partial charge >= 0.3 is 0 Å². The summed E-state index contributed by atoms with van der Waals surface area (Å²) in [6.07, 6.45) is 0.593. The van der Waals surface area contributed by atoms with Crippen LogP contribution in [0, 0.1) is 0 Å². The number of rotatable bonds is 6. The van der Waals surface area contributed by atoms with Gasteiger partial charge in [0.25, 0.3) is 0 Å². The normalized spacial score (nSPS) is 23.7. The Balaban J connectivity index is 1.62. The molecule has 1 saturated heterocycles. The van der Waals surface area contributed by atoms with Gasteiger partial charge in [-0.1, -0.05) is 67.2 Å². The molecule has 0 aromatic heterocycles. The first-order chi connectivity index (χ1) is 11.7. The van der Waals surface area contributed by atoms with Gasteiger partial charge in [-0.25, -0.2) is 0 Å². The van der Waals surface area contributed by atoms with Gasteiger partial charge in [-0.3, -0.25) is 0 Å². The Bertz CT molecular complexity index is 639. The predicted molar refractivity (Wildman–Crippen MR) is 94.3 cm³/mol. The molecule has 0 N–H and O–H groups in total. The second-order valence-electron chi connectivity index (χ2n) is 6.18. The Morgan fingerprint density at radius 2 is 1.46 bits per heavy atom. The molecule has 0 bridgehead atoms. The van der Waals surface area contributed by atoms with Gasteiger partial charge < -0.3 is 14.2 Å². The molecule has 2 aromatic rings. The summed E-state index contributed by atoms with van der Waals surface area (Å²) >= 11 is 0. The molecule has 0 spiro atoms. The Hall–Kier alpha value is -2.10. The Labute approximate surface area is 143 Å². The maximum Gasteiger partial charge on any atom is 0.140 e. The van der Waals surface area contributed by atoms with Crippen molar-refractivity contribution in [2.24, 2.45) is 0 Å². The maximum absolute atomic E-state index is 6.15. The highest BCUT2D eigenvalue weighted by molar-refractivity contribution is 5.15. The van der Waals surface area contributed by atoms with Crippen LogP contribution in [0.5, 0.6) is 0 Å². The first kappa shape index (κ1) is 16.7. The first-order valence-corrected chi connectivity index (χ1v) is 8.39. The number of hydrogen-bond acceptors (Lipinski definition) is 3. The van der Waals surface area contributed by atoms with Crippen molar-refractivity contribution in [2.75, 3.05) is 0 Å². The second kappa shape index (κ2) is 8.13. The summed E-state index contributed by atoms with van der Waals surface area (Å²) in [5.41, 5.74) is 2.29. The third-order valence-corrected chi connectivity index (χ3v) is 4.15. The van der Waals surface area contributed by atoms with Crippen LogP contribution in [0.25, 0.3) is 0 Å². The third kappa shape index (κ3) is 4.47. The van der Waals surface area contributed by atoms with Crippen LogP contribution in [0.1, 0.15) is 24.5 Å². The van der Waals surface area contributed by atoms with Gasteiger partial charge in [0.1, 0.15) is 11.9 Å². The van der Waals surface area contributed by atoms with E-state index in [-0.39, 0.29) is 18.3 Å². The van der Waals surface area contributed by atoms with E-state index in [1.54, 1.807) is 0 Å². The summed E-state index contributed by atoms with van der Waals surface area (Å²) in [6.45, 7) is 7.16. The largest absolute Gasteiger partial charge is 0.493 e. The fraction of sp³-hybridized carbons (Fsp3) is 0.333. The molecule has 0 amide bonds. The Morgan fingerprint density at radius 3 is 2.04 bits per heavy atom. The minimum atomic E-state index is -0.245. The van der Waals surface area contributed by atoms with E-state index >= 15 is 0 Å². The van der Waals surface area contributed by atoms with Gasteiger partial charge in [0.05, 0.1) is 25.4 Å². The zero-order valence-corrected chi connectivity index (χ0v) is 14.1. The van der Waals surface area contributed by atoms with Crippen molar-refractivity contribution in [3.63, 3.8) is 0 Å². The van der Waals surface area contributed by atoms with Crippen LogP contribution in [-0.4, -0.2) is 18.3 Å². The minimum absolute atomic E-state index is 0.0508. The Kier molecular flexibility index (Phi) is 5.68. The average molecular weight is 324 g/mol. The van der Waals surface area contributed by atoms with Crippen molar-refractivity contribution in [1.29, 1.82) is 0 Å². The molecule has 0 radical (unpaired) electrons. The van der Waals surface area contributed by atoms with E-state index in [1.165, 1.54) is 0 Å². The van der Waals surface area contributed by atoms with E-state index in [9.17, 15) is 0 Å². The molecule has 3 atom stereocenters. The lowest BCUT2D eigenvalue weighted by molar-refractivity contribution is -0.135. The van der Waals surface area contributed by atoms with Crippen LogP contribution in [0.4, 0.5) is 0 Å². The van der Waals surface area contributed by atoms with Crippen LogP contribution < -0.4 is 0 Å². The summed E-state index contributed by atoms with van der Waals surface area (Å²) < 4.78 is 18.0. The van der Waals surface area contributed by atoms with E-state index in [0.717, 1.165) is 17.5 Å². The van der Waals surface area contributed by atoms with Crippen LogP contribution in [-0.2, 0) is 27.4 Å². The molecule has 3 heteroatoms. The van der Waals surface area contributed by atoms with Crippen LogP contribution in [0.3, 0.4) is 0 Å². The highest BCUT2D eigenvalue weighted by Crippen LogP contribution is 2.28. The summed E-state index contributed by atoms with van der Waals surface area (Å²) in [6, 6.07) is 20.3. The van der Waals surface area contributed by atoms with Crippen LogP contribution in [0.2, 0.25) is 0 Å². The third-order valence-electron chi connectivity index (χ3n) is 4.15. The molecule has 0 saturated carbocycles. The number of hydrogen-bond donors (Lipinski definition) is 0. The molecule has 1 aliphatic heterocycles. The second-order valence-corrected chi connectivity index (χ2v) is 6.18. The summed E-state index contributed by atoms with van der Waals surface area (Å²) in [7, 11) is 0. The van der Waals surface area contributed by atoms with E-state index in [2.05, 4.69) is 30.8 Å². The Morgan fingerprint density at radius 1 is 0.917 bits per heavy atom. The molecule has 126 valence electrons. The first-order valence-electron chi connectivity index (χ1n) is 8.39. The lowest BCUT2D eigenvalue weighted by Gasteiger charge is -2.36. The monoisotopic (exact) mass is 324 g/mol. The predicted octanol–water partition coefficient (Wildman–Crippen LogP) is 4.48. The standard InChI is InChI=1S/C21H24O3/c1-16-13-20(22-14-18-9-5-3-6-10-18)21(17(2)24-16)23-15-19-11-7-4-8-12-19/h3-12,16,20-21H,2,13-15H2,1H3. The van der Waals surface area contributed by atoms with Gasteiger partial charge in [0, 0.05) is 6.42 Å². The van der Waals surface area contributed by atoms with Crippen molar-refractivity contribution in [2.45, 2.75) is 44.9 Å². The van der Waals surface area contributed by atoms with Crippen molar-refractivity contribution in [3.05, 3.63) is 84.1 Å². The minimum Gasteiger partial charge on any atom is -0.493 e. The zero-order chi connectivity index (χ0) is 16.8. The lowest BCUT2D eigenvalue weighted by Crippen LogP contribution is -2.41. The molecule has 0 aliphatic carbocycles. The molecule has 3 nitrogen and oxygen atoms in total. The molecule has 1 fully saturated rings. The maximum atomic E-state index is 6.15. The molecule has 1 heterocycles. The van der Waals surface area contributed by atoms with Gasteiger partial charge in [-0.05, 0) is 18.1 Å². The van der Waals surface area contributed by atoms with Crippen molar-refractivity contribution in [1.82, 2.24) is 0 Å². The van der Waals surface area contributed by atoms with E-state index < -0.39 is 0 Å². The fourth-order valence-corrected chi connectivity index (χ4v) is 2.93. The van der Waals surface area contributed by atoms with Gasteiger partial charge in [0.15, 0.2) is 0 Å². The summed E-state index contributed by atoms with van der Waals surface area (Å²) in [4.78, 5) is 0. The van der Waals surface area contributed by atoms with Crippen LogP contribution in [0.15, 0.2) is 73.0 Å². The quantitative estimate of drug-likeness (QED) is 0.784. The molecular weight excluding hydrogens is 300 g/mol. The van der Waals surface area contributed by atoms with E-state index in [1.807, 2.05) is 43.3 Å². The van der Waals surface area contributed by atoms with Crippen molar-refractivity contribution in [3.8, 4) is 0 Å². The number of ether oxygens (including phenoxy) is 3. The molecule has 1 aliphatic rings. The number of benzene rings is 2. The van der Waals surface area contributed by atoms with Crippen molar-refractivity contribution < 1.29 is 14.2 Å². The SMILES string of the molecule is C=C1OC(C)CC(OCc2ccccc2)C1OCc1ccccc1. The van der Waals surface area contributed by atoms with Gasteiger partial charge in [-0.15, -0.1) is 0 Å². The topological polar surface area (TPSA) is 27.7 Å². The van der Waals surface area contributed by atoms with E-state index in [4.69, 9.17) is 14.2 Å². The molecule has 2 aromatic carbocycles. The van der Waals surface area contributed by atoms with Gasteiger partial charge in [-0.2, -0.15) is 0 Å². The molecule has 24 heavy (non-hydrogen) atoms. The highest BCUT2D eigenvalue weighted by Gasteiger charge is 2.34. The van der Waals surface area contributed by atoms with Gasteiger partial charge in [0.2, 0.25) is 0 Å². The van der Waals surface area contributed by atoms with Crippen LogP contribution >= 0.6 is 0 Å². The van der Waals surface area contributed by atoms with Crippen molar-refractivity contribution >= 4 is 0 Å². The molecule has 3 rings (SSSR count). The summed E-state index contributed by atoms with van der Waals surface area (Å²) in [5, 5.41) is 0. The zero-order valence-electron chi connectivity index (χ0n) is 14.1. The fourth-order valence-electron chi connectivity index (χ4n) is 2.93.